The van der Waals surface area contributed by atoms with Gasteiger partial charge in [-0.05, 0) is 32.3 Å². The number of esters is 1. The molecule has 0 amide bonds. The number of nitrogens with one attached hydrogen (secondary N) is 1. The van der Waals surface area contributed by atoms with Crippen LogP contribution in [-0.4, -0.2) is 59.9 Å². The fourth-order valence-corrected chi connectivity index (χ4v) is 2.79. The second-order valence-electron chi connectivity index (χ2n) is 5.61. The minimum Gasteiger partial charge on any atom is -0.466 e. The maximum Gasteiger partial charge on any atom is 0.309 e. The molecule has 1 N–H and O–H groups in total. The van der Waals surface area contributed by atoms with E-state index in [4.69, 9.17) is 4.74 Å². The summed E-state index contributed by atoms with van der Waals surface area (Å²) in [6.45, 7) is 5.72. The van der Waals surface area contributed by atoms with Gasteiger partial charge in [-0.25, -0.2) is 0 Å². The lowest BCUT2D eigenvalue weighted by molar-refractivity contribution is -0.149. The lowest BCUT2D eigenvalue weighted by Gasteiger charge is -2.33. The van der Waals surface area contributed by atoms with Gasteiger partial charge in [-0.15, -0.1) is 24.0 Å². The standard InChI is InChI=1S/C16H27N5O2.HI/c1-3-23-15(22)14-6-12-20(13-7-14)16(17-2)18-8-4-10-21-11-5-9-19-21;/h5,9,11,14H,3-4,6-8,10,12-13H2,1-2H3,(H,17,18);1H. The van der Waals surface area contributed by atoms with Crippen LogP contribution in [0.2, 0.25) is 0 Å². The highest BCUT2D eigenvalue weighted by molar-refractivity contribution is 14.0. The van der Waals surface area contributed by atoms with Crippen LogP contribution in [0.5, 0.6) is 0 Å². The lowest BCUT2D eigenvalue weighted by atomic mass is 9.97. The van der Waals surface area contributed by atoms with E-state index in [9.17, 15) is 4.79 Å². The molecule has 0 aromatic carbocycles. The Hall–Kier alpha value is -1.32. The maximum absolute atomic E-state index is 11.8. The summed E-state index contributed by atoms with van der Waals surface area (Å²) in [5, 5.41) is 7.58. The Morgan fingerprint density at radius 3 is 2.75 bits per heavy atom. The number of aliphatic imine (C=N–C) groups is 1. The molecule has 1 aliphatic rings. The monoisotopic (exact) mass is 449 g/mol. The van der Waals surface area contributed by atoms with E-state index in [0.29, 0.717) is 6.61 Å². The molecule has 24 heavy (non-hydrogen) atoms. The summed E-state index contributed by atoms with van der Waals surface area (Å²) in [7, 11) is 1.80. The molecule has 0 bridgehead atoms. The first-order valence-corrected chi connectivity index (χ1v) is 8.34. The van der Waals surface area contributed by atoms with Crippen molar-refractivity contribution in [3.05, 3.63) is 18.5 Å². The molecule has 8 heteroatoms. The molecular weight excluding hydrogens is 421 g/mol. The fourth-order valence-electron chi connectivity index (χ4n) is 2.79. The van der Waals surface area contributed by atoms with Crippen molar-refractivity contribution in [2.75, 3.05) is 33.3 Å². The van der Waals surface area contributed by atoms with Crippen LogP contribution in [0.25, 0.3) is 0 Å². The van der Waals surface area contributed by atoms with Crippen LogP contribution >= 0.6 is 24.0 Å². The highest BCUT2D eigenvalue weighted by Crippen LogP contribution is 2.18. The van der Waals surface area contributed by atoms with Gasteiger partial charge in [0.25, 0.3) is 0 Å². The Labute approximate surface area is 160 Å². The number of piperidine rings is 1. The first-order valence-electron chi connectivity index (χ1n) is 8.34. The third-order valence-corrected chi connectivity index (χ3v) is 4.03. The number of aromatic nitrogens is 2. The van der Waals surface area contributed by atoms with E-state index in [2.05, 4.69) is 20.3 Å². The SMILES string of the molecule is CCOC(=O)C1CCN(C(=NC)NCCCn2cccn2)CC1.I. The number of aryl methyl sites for hydroxylation is 1. The number of hydrogen-bond acceptors (Lipinski definition) is 4. The fraction of sp³-hybridized carbons (Fsp3) is 0.688. The predicted molar refractivity (Wildman–Crippen MR) is 105 cm³/mol. The summed E-state index contributed by atoms with van der Waals surface area (Å²) in [5.41, 5.74) is 0. The molecule has 136 valence electrons. The number of carbonyl (C=O) groups excluding carboxylic acids is 1. The number of rotatable bonds is 6. The molecule has 0 atom stereocenters. The second kappa shape index (κ2) is 11.3. The zero-order chi connectivity index (χ0) is 16.5. The molecule has 0 spiro atoms. The molecule has 1 fully saturated rings. The minimum atomic E-state index is -0.0608. The van der Waals surface area contributed by atoms with Crippen molar-refractivity contribution < 1.29 is 9.53 Å². The molecule has 2 rings (SSSR count). The van der Waals surface area contributed by atoms with E-state index in [1.165, 1.54) is 0 Å². The van der Waals surface area contributed by atoms with Crippen LogP contribution in [0.3, 0.4) is 0 Å². The van der Waals surface area contributed by atoms with E-state index in [1.807, 2.05) is 23.9 Å². The van der Waals surface area contributed by atoms with E-state index in [-0.39, 0.29) is 35.9 Å². The number of carbonyl (C=O) groups is 1. The van der Waals surface area contributed by atoms with Gasteiger partial charge in [-0.1, -0.05) is 0 Å². The smallest absolute Gasteiger partial charge is 0.309 e. The third-order valence-electron chi connectivity index (χ3n) is 4.03. The minimum absolute atomic E-state index is 0. The number of halogens is 1. The van der Waals surface area contributed by atoms with E-state index < -0.39 is 0 Å². The van der Waals surface area contributed by atoms with E-state index >= 15 is 0 Å². The van der Waals surface area contributed by atoms with Gasteiger partial charge in [0.2, 0.25) is 0 Å². The van der Waals surface area contributed by atoms with Gasteiger partial charge in [-0.3, -0.25) is 14.5 Å². The Bertz CT molecular complexity index is 499. The van der Waals surface area contributed by atoms with Gasteiger partial charge in [-0.2, -0.15) is 5.10 Å². The van der Waals surface area contributed by atoms with Crippen molar-refractivity contribution in [1.29, 1.82) is 0 Å². The predicted octanol–water partition coefficient (Wildman–Crippen LogP) is 1.74. The number of ether oxygens (including phenoxy) is 1. The quantitative estimate of drug-likeness (QED) is 0.236. The topological polar surface area (TPSA) is 71.8 Å². The Balaban J connectivity index is 0.00000288. The molecule has 7 nitrogen and oxygen atoms in total. The Kier molecular flexibility index (Phi) is 9.73. The third kappa shape index (κ3) is 6.29. The largest absolute Gasteiger partial charge is 0.466 e. The molecule has 1 saturated heterocycles. The zero-order valence-corrected chi connectivity index (χ0v) is 16.8. The van der Waals surface area contributed by atoms with Gasteiger partial charge in [0.05, 0.1) is 12.5 Å². The van der Waals surface area contributed by atoms with Crippen molar-refractivity contribution in [1.82, 2.24) is 20.0 Å². The number of likely N-dealkylation sites (tertiary alicyclic amines) is 1. The molecule has 0 unspecified atom stereocenters. The van der Waals surface area contributed by atoms with Crippen molar-refractivity contribution in [2.45, 2.75) is 32.7 Å². The van der Waals surface area contributed by atoms with Gasteiger partial charge in [0.15, 0.2) is 5.96 Å². The Morgan fingerprint density at radius 2 is 2.17 bits per heavy atom. The summed E-state index contributed by atoms with van der Waals surface area (Å²) in [6.07, 6.45) is 6.40. The highest BCUT2D eigenvalue weighted by Gasteiger charge is 2.27. The molecule has 1 aromatic rings. The average molecular weight is 449 g/mol. The van der Waals surface area contributed by atoms with Crippen molar-refractivity contribution in [3.8, 4) is 0 Å². The molecule has 1 aliphatic heterocycles. The van der Waals surface area contributed by atoms with Crippen LogP contribution in [-0.2, 0) is 16.1 Å². The summed E-state index contributed by atoms with van der Waals surface area (Å²) >= 11 is 0. The molecule has 0 aliphatic carbocycles. The summed E-state index contributed by atoms with van der Waals surface area (Å²) < 4.78 is 7.03. The molecular formula is C16H28IN5O2. The normalized spacial score (nSPS) is 15.8. The van der Waals surface area contributed by atoms with Crippen molar-refractivity contribution in [2.24, 2.45) is 10.9 Å². The summed E-state index contributed by atoms with van der Waals surface area (Å²) in [5.74, 6) is 0.881. The average Bonchev–Trinajstić information content (AvgIpc) is 3.09. The van der Waals surface area contributed by atoms with Gasteiger partial charge in [0.1, 0.15) is 0 Å². The number of nitrogens with zero attached hydrogens (tertiary/aromatic N) is 4. The van der Waals surface area contributed by atoms with Crippen LogP contribution in [0, 0.1) is 5.92 Å². The van der Waals surface area contributed by atoms with Gasteiger partial charge in [0, 0.05) is 45.6 Å². The van der Waals surface area contributed by atoms with Crippen molar-refractivity contribution in [3.63, 3.8) is 0 Å². The van der Waals surface area contributed by atoms with Gasteiger partial charge < -0.3 is 15.0 Å². The molecule has 0 radical (unpaired) electrons. The maximum atomic E-state index is 11.8. The molecule has 0 saturated carbocycles. The van der Waals surface area contributed by atoms with E-state index in [0.717, 1.165) is 51.4 Å². The lowest BCUT2D eigenvalue weighted by Crippen LogP contribution is -2.47. The van der Waals surface area contributed by atoms with Crippen LogP contribution < -0.4 is 5.32 Å². The zero-order valence-electron chi connectivity index (χ0n) is 14.5. The summed E-state index contributed by atoms with van der Waals surface area (Å²) in [4.78, 5) is 18.3. The van der Waals surface area contributed by atoms with Crippen LogP contribution in [0.15, 0.2) is 23.5 Å². The van der Waals surface area contributed by atoms with Crippen LogP contribution in [0.1, 0.15) is 26.2 Å². The number of hydrogen-bond donors (Lipinski definition) is 1. The van der Waals surface area contributed by atoms with Crippen LogP contribution in [0.4, 0.5) is 0 Å². The van der Waals surface area contributed by atoms with Crippen molar-refractivity contribution >= 4 is 35.9 Å². The second-order valence-corrected chi connectivity index (χ2v) is 5.61. The highest BCUT2D eigenvalue weighted by atomic mass is 127. The molecule has 2 heterocycles. The van der Waals surface area contributed by atoms with E-state index in [1.54, 1.807) is 13.2 Å². The Morgan fingerprint density at radius 1 is 1.42 bits per heavy atom. The molecule has 1 aromatic heterocycles. The first kappa shape index (κ1) is 20.7. The summed E-state index contributed by atoms with van der Waals surface area (Å²) in [6, 6.07) is 1.93. The first-order chi connectivity index (χ1) is 11.2. The van der Waals surface area contributed by atoms with Gasteiger partial charge >= 0.3 is 5.97 Å². The number of guanidine groups is 1.